The fourth-order valence-electron chi connectivity index (χ4n) is 3.59. The van der Waals surface area contributed by atoms with Crippen molar-refractivity contribution in [3.8, 4) is 0 Å². The Hall–Kier alpha value is -0.850. The lowest BCUT2D eigenvalue weighted by Crippen LogP contribution is -2.82. The molecule has 0 aromatic carbocycles. The Balaban J connectivity index is 0.00000220. The van der Waals surface area contributed by atoms with E-state index in [1.54, 1.807) is 6.92 Å². The fourth-order valence-corrected chi connectivity index (χ4v) is 3.59. The van der Waals surface area contributed by atoms with Gasteiger partial charge in [-0.2, -0.15) is 0 Å². The minimum Gasteiger partial charge on any atom is -0.467 e. The van der Waals surface area contributed by atoms with Crippen LogP contribution in [0.3, 0.4) is 0 Å². The second kappa shape index (κ2) is 6.10. The molecule has 0 bridgehead atoms. The molecule has 1 amide bonds. The van der Waals surface area contributed by atoms with Gasteiger partial charge in [-0.05, 0) is 19.8 Å². The smallest absolute Gasteiger partial charge is 0.328 e. The highest BCUT2D eigenvalue weighted by atomic mass is 35.5. The largest absolute Gasteiger partial charge is 0.467 e. The van der Waals surface area contributed by atoms with E-state index >= 15 is 0 Å². The number of nitrogens with one attached hydrogen (secondary N) is 1. The minimum absolute atomic E-state index is 0. The average Bonchev–Trinajstić information content (AvgIpc) is 2.45. The van der Waals surface area contributed by atoms with E-state index in [9.17, 15) is 9.59 Å². The monoisotopic (exact) mass is 320 g/mol. The summed E-state index contributed by atoms with van der Waals surface area (Å²) in [6, 6.07) is -0.702. The number of halogens is 1. The average molecular weight is 321 g/mol. The lowest BCUT2D eigenvalue weighted by Gasteiger charge is -2.65. The summed E-state index contributed by atoms with van der Waals surface area (Å²) in [5.41, 5.74) is 4.98. The zero-order chi connectivity index (χ0) is 15.1. The van der Waals surface area contributed by atoms with Crippen LogP contribution in [-0.4, -0.2) is 43.3 Å². The van der Waals surface area contributed by atoms with Gasteiger partial charge in [0.05, 0.1) is 13.2 Å². The summed E-state index contributed by atoms with van der Waals surface area (Å²) in [6.07, 6.45) is 1.81. The van der Waals surface area contributed by atoms with Crippen molar-refractivity contribution in [2.75, 3.05) is 13.7 Å². The Bertz CT molecular complexity index is 429. The van der Waals surface area contributed by atoms with Crippen LogP contribution in [0.25, 0.3) is 0 Å². The molecule has 1 saturated heterocycles. The second-order valence-electron chi connectivity index (χ2n) is 6.35. The zero-order valence-corrected chi connectivity index (χ0v) is 13.8. The van der Waals surface area contributed by atoms with Gasteiger partial charge in [0.1, 0.15) is 11.6 Å². The Kier molecular flexibility index (Phi) is 5.29. The molecule has 2 rings (SSSR count). The summed E-state index contributed by atoms with van der Waals surface area (Å²) in [5.74, 6) is -0.765. The molecule has 3 N–H and O–H groups in total. The molecule has 4 atom stereocenters. The number of nitrogens with two attached hydrogens (primary N) is 1. The van der Waals surface area contributed by atoms with E-state index < -0.39 is 23.0 Å². The van der Waals surface area contributed by atoms with E-state index in [4.69, 9.17) is 10.5 Å². The highest BCUT2D eigenvalue weighted by Gasteiger charge is 2.70. The molecule has 0 radical (unpaired) electrons. The van der Waals surface area contributed by atoms with Gasteiger partial charge in [0, 0.05) is 17.9 Å². The number of methoxy groups -OCH3 is 1. The number of fused-ring (bicyclic) bond motifs is 1. The summed E-state index contributed by atoms with van der Waals surface area (Å²) < 4.78 is 10.4. The number of ether oxygens (including phenoxy) is 2. The van der Waals surface area contributed by atoms with Gasteiger partial charge >= 0.3 is 5.97 Å². The van der Waals surface area contributed by atoms with Gasteiger partial charge in [0.25, 0.3) is 0 Å². The van der Waals surface area contributed by atoms with Crippen molar-refractivity contribution < 1.29 is 19.1 Å². The van der Waals surface area contributed by atoms with Gasteiger partial charge in [-0.25, -0.2) is 4.79 Å². The van der Waals surface area contributed by atoms with Crippen LogP contribution < -0.4 is 11.1 Å². The molecule has 2 aliphatic rings. The molecular weight excluding hydrogens is 296 g/mol. The molecule has 1 aliphatic carbocycles. The maximum absolute atomic E-state index is 12.5. The molecule has 1 saturated carbocycles. The van der Waals surface area contributed by atoms with Gasteiger partial charge in [0.2, 0.25) is 5.91 Å². The second-order valence-corrected chi connectivity index (χ2v) is 6.35. The van der Waals surface area contributed by atoms with E-state index in [1.807, 2.05) is 13.8 Å². The van der Waals surface area contributed by atoms with Crippen molar-refractivity contribution >= 4 is 24.3 Å². The van der Waals surface area contributed by atoms with E-state index in [0.717, 1.165) is 19.4 Å². The number of carbonyl (C=O) groups excluding carboxylic acids is 2. The van der Waals surface area contributed by atoms with E-state index in [2.05, 4.69) is 10.1 Å². The molecule has 0 aromatic rings. The van der Waals surface area contributed by atoms with Crippen LogP contribution in [0, 0.1) is 11.3 Å². The van der Waals surface area contributed by atoms with E-state index in [1.165, 1.54) is 7.11 Å². The molecule has 6 nitrogen and oxygen atoms in total. The highest BCUT2D eigenvalue weighted by Crippen LogP contribution is 2.57. The molecule has 4 unspecified atom stereocenters. The number of carbonyl (C=O) groups is 2. The summed E-state index contributed by atoms with van der Waals surface area (Å²) >= 11 is 0. The number of hydrogen-bond donors (Lipinski definition) is 2. The number of amides is 1. The van der Waals surface area contributed by atoms with Crippen molar-refractivity contribution in [1.82, 2.24) is 5.32 Å². The van der Waals surface area contributed by atoms with Crippen LogP contribution in [0.1, 0.15) is 33.6 Å². The Morgan fingerprint density at radius 3 is 2.62 bits per heavy atom. The Labute approximate surface area is 131 Å². The predicted octanol–water partition coefficient (Wildman–Crippen LogP) is 0.618. The summed E-state index contributed by atoms with van der Waals surface area (Å²) in [4.78, 5) is 24.0. The molecule has 1 heterocycles. The van der Waals surface area contributed by atoms with Gasteiger partial charge in [-0.1, -0.05) is 13.8 Å². The van der Waals surface area contributed by atoms with Crippen LogP contribution in [0.5, 0.6) is 0 Å². The fraction of sp³-hybridized carbons (Fsp3) is 0.857. The third-order valence-electron chi connectivity index (χ3n) is 4.96. The van der Waals surface area contributed by atoms with Gasteiger partial charge in [0.15, 0.2) is 0 Å². The summed E-state index contributed by atoms with van der Waals surface area (Å²) in [5, 5.41) is 2.67. The third kappa shape index (κ3) is 2.53. The first-order valence-corrected chi connectivity index (χ1v) is 7.06. The SMILES string of the molecule is COC(=O)C(C)NC(=O)C1(N)C2CCCOC2C1(C)C.Cl. The maximum atomic E-state index is 12.5. The molecule has 122 valence electrons. The molecule has 2 fully saturated rings. The Morgan fingerprint density at radius 1 is 1.43 bits per heavy atom. The van der Waals surface area contributed by atoms with Crippen LogP contribution in [-0.2, 0) is 19.1 Å². The van der Waals surface area contributed by atoms with E-state index in [-0.39, 0.29) is 30.3 Å². The molecule has 1 aliphatic heterocycles. The normalized spacial score (nSPS) is 34.5. The maximum Gasteiger partial charge on any atom is 0.328 e. The Morgan fingerprint density at radius 2 is 2.05 bits per heavy atom. The first kappa shape index (κ1) is 18.2. The predicted molar refractivity (Wildman–Crippen MR) is 80.0 cm³/mol. The molecule has 7 heteroatoms. The molecule has 0 spiro atoms. The third-order valence-corrected chi connectivity index (χ3v) is 4.96. The van der Waals surface area contributed by atoms with E-state index in [0.29, 0.717) is 0 Å². The zero-order valence-electron chi connectivity index (χ0n) is 13.0. The van der Waals surface area contributed by atoms with Crippen LogP contribution in [0.4, 0.5) is 0 Å². The molecular formula is C14H25ClN2O4. The first-order valence-electron chi connectivity index (χ1n) is 7.06. The standard InChI is InChI=1S/C14H24N2O4.ClH/c1-8(11(17)19-4)16-12(18)14(15)9-6-5-7-20-10(9)13(14,2)3;/h8-10H,5-7,15H2,1-4H3,(H,16,18);1H. The summed E-state index contributed by atoms with van der Waals surface area (Å²) in [7, 11) is 1.29. The van der Waals surface area contributed by atoms with Crippen molar-refractivity contribution in [2.24, 2.45) is 17.1 Å². The van der Waals surface area contributed by atoms with Crippen LogP contribution >= 0.6 is 12.4 Å². The van der Waals surface area contributed by atoms with Gasteiger partial charge in [-0.3, -0.25) is 4.79 Å². The van der Waals surface area contributed by atoms with Gasteiger partial charge < -0.3 is 20.5 Å². The summed E-state index contributed by atoms with van der Waals surface area (Å²) in [6.45, 7) is 6.21. The highest BCUT2D eigenvalue weighted by molar-refractivity contribution is 5.92. The van der Waals surface area contributed by atoms with Crippen LogP contribution in [0.2, 0.25) is 0 Å². The molecule has 21 heavy (non-hydrogen) atoms. The number of esters is 1. The molecule has 0 aromatic heterocycles. The van der Waals surface area contributed by atoms with Gasteiger partial charge in [-0.15, -0.1) is 12.4 Å². The lowest BCUT2D eigenvalue weighted by atomic mass is 9.46. The number of rotatable bonds is 3. The first-order chi connectivity index (χ1) is 9.26. The number of hydrogen-bond acceptors (Lipinski definition) is 5. The van der Waals surface area contributed by atoms with Crippen molar-refractivity contribution in [3.63, 3.8) is 0 Å². The van der Waals surface area contributed by atoms with Crippen molar-refractivity contribution in [3.05, 3.63) is 0 Å². The van der Waals surface area contributed by atoms with Crippen LogP contribution in [0.15, 0.2) is 0 Å². The van der Waals surface area contributed by atoms with Crippen molar-refractivity contribution in [1.29, 1.82) is 0 Å². The topological polar surface area (TPSA) is 90.7 Å². The minimum atomic E-state index is -1.000. The van der Waals surface area contributed by atoms with Crippen molar-refractivity contribution in [2.45, 2.75) is 51.3 Å². The quantitative estimate of drug-likeness (QED) is 0.744. The lowest BCUT2D eigenvalue weighted by molar-refractivity contribution is -0.225.